The predicted molar refractivity (Wildman–Crippen MR) is 84.5 cm³/mol. The lowest BCUT2D eigenvalue weighted by Crippen LogP contribution is -2.47. The highest BCUT2D eigenvalue weighted by atomic mass is 35.5. The minimum Gasteiger partial charge on any atom is -0.316 e. The van der Waals surface area contributed by atoms with Gasteiger partial charge in [-0.05, 0) is 38.1 Å². The molecule has 10 heteroatoms. The first-order valence-electron chi connectivity index (χ1n) is 6.70. The lowest BCUT2D eigenvalue weighted by Gasteiger charge is -2.32. The lowest BCUT2D eigenvalue weighted by molar-refractivity contribution is -0.139. The van der Waals surface area contributed by atoms with E-state index in [1.165, 1.54) is 0 Å². The Kier molecular flexibility index (Phi) is 6.74. The smallest absolute Gasteiger partial charge is 0.316 e. The van der Waals surface area contributed by atoms with Gasteiger partial charge in [-0.1, -0.05) is 11.6 Å². The lowest BCUT2D eigenvalue weighted by atomic mass is 10.1. The van der Waals surface area contributed by atoms with E-state index in [0.29, 0.717) is 12.5 Å². The van der Waals surface area contributed by atoms with Crippen molar-refractivity contribution in [3.8, 4) is 0 Å². The summed E-state index contributed by atoms with van der Waals surface area (Å²) in [5, 5.41) is 2.81. The molecule has 1 aliphatic rings. The van der Waals surface area contributed by atoms with Crippen molar-refractivity contribution >= 4 is 34.0 Å². The quantitative estimate of drug-likeness (QED) is 0.859. The SMILES string of the molecule is CNC1CCCN(S(=O)(=O)c2ccc(Cl)cc2C(F)(F)F)C1.Cl. The number of sulfonamides is 1. The molecule has 132 valence electrons. The third-order valence-corrected chi connectivity index (χ3v) is 5.82. The van der Waals surface area contributed by atoms with E-state index in [-0.39, 0.29) is 36.6 Å². The van der Waals surface area contributed by atoms with E-state index in [4.69, 9.17) is 11.6 Å². The van der Waals surface area contributed by atoms with Gasteiger partial charge < -0.3 is 5.32 Å². The third-order valence-electron chi connectivity index (χ3n) is 3.66. The van der Waals surface area contributed by atoms with E-state index < -0.39 is 26.7 Å². The molecule has 1 aromatic carbocycles. The molecule has 4 nitrogen and oxygen atoms in total. The van der Waals surface area contributed by atoms with Crippen molar-refractivity contribution in [1.82, 2.24) is 9.62 Å². The van der Waals surface area contributed by atoms with Crippen LogP contribution >= 0.6 is 24.0 Å². The number of nitrogens with one attached hydrogen (secondary N) is 1. The summed E-state index contributed by atoms with van der Waals surface area (Å²) >= 11 is 5.59. The van der Waals surface area contributed by atoms with Crippen molar-refractivity contribution in [2.24, 2.45) is 0 Å². The topological polar surface area (TPSA) is 49.4 Å². The van der Waals surface area contributed by atoms with Gasteiger partial charge >= 0.3 is 6.18 Å². The normalized spacial score (nSPS) is 20.1. The Labute approximate surface area is 144 Å². The molecule has 1 atom stereocenters. The fourth-order valence-electron chi connectivity index (χ4n) is 2.48. The van der Waals surface area contributed by atoms with Crippen molar-refractivity contribution in [2.45, 2.75) is 30.0 Å². The Hall–Kier alpha value is -0.540. The highest BCUT2D eigenvalue weighted by Crippen LogP contribution is 2.37. The summed E-state index contributed by atoms with van der Waals surface area (Å²) in [4.78, 5) is -0.749. The van der Waals surface area contributed by atoms with Gasteiger partial charge in [-0.25, -0.2) is 8.42 Å². The van der Waals surface area contributed by atoms with E-state index in [2.05, 4.69) is 5.32 Å². The van der Waals surface area contributed by atoms with E-state index in [9.17, 15) is 21.6 Å². The monoisotopic (exact) mass is 392 g/mol. The molecule has 1 N–H and O–H groups in total. The Balaban J connectivity index is 0.00000264. The number of halogens is 5. The first-order valence-corrected chi connectivity index (χ1v) is 8.52. The van der Waals surface area contributed by atoms with Crippen LogP contribution in [0.2, 0.25) is 5.02 Å². The zero-order valence-electron chi connectivity index (χ0n) is 12.2. The molecule has 2 rings (SSSR count). The fraction of sp³-hybridized carbons (Fsp3) is 0.538. The Bertz CT molecular complexity index is 653. The van der Waals surface area contributed by atoms with Crippen molar-refractivity contribution in [2.75, 3.05) is 20.1 Å². The maximum atomic E-state index is 13.1. The molecule has 0 amide bonds. The molecule has 23 heavy (non-hydrogen) atoms. The zero-order chi connectivity index (χ0) is 16.5. The molecule has 1 unspecified atom stereocenters. The van der Waals surface area contributed by atoms with Crippen LogP contribution in [0, 0.1) is 0 Å². The largest absolute Gasteiger partial charge is 0.417 e. The molecule has 0 spiro atoms. The molecule has 0 radical (unpaired) electrons. The first kappa shape index (κ1) is 20.5. The second-order valence-electron chi connectivity index (χ2n) is 5.13. The Morgan fingerprint density at radius 3 is 2.57 bits per heavy atom. The summed E-state index contributed by atoms with van der Waals surface area (Å²) in [6.07, 6.45) is -3.40. The van der Waals surface area contributed by atoms with E-state index in [0.717, 1.165) is 22.9 Å². The van der Waals surface area contributed by atoms with Gasteiger partial charge in [0.2, 0.25) is 10.0 Å². The summed E-state index contributed by atoms with van der Waals surface area (Å²) in [5.74, 6) is 0. The molecule has 1 aliphatic heterocycles. The number of hydrogen-bond donors (Lipinski definition) is 1. The molecular formula is C13H17Cl2F3N2O2S. The van der Waals surface area contributed by atoms with Gasteiger partial charge in [0.05, 0.1) is 10.5 Å². The standard InChI is InChI=1S/C13H16ClF3N2O2S.ClH/c1-18-10-3-2-6-19(8-10)22(20,21)12-5-4-9(14)7-11(12)13(15,16)17;/h4-5,7,10,18H,2-3,6,8H2,1H3;1H. The van der Waals surface area contributed by atoms with Crippen LogP contribution in [-0.4, -0.2) is 38.9 Å². The molecule has 0 aromatic heterocycles. The molecule has 0 aliphatic carbocycles. The number of rotatable bonds is 3. The summed E-state index contributed by atoms with van der Waals surface area (Å²) in [5.41, 5.74) is -1.23. The molecule has 1 heterocycles. The van der Waals surface area contributed by atoms with Crippen molar-refractivity contribution in [3.63, 3.8) is 0 Å². The average Bonchev–Trinajstić information content (AvgIpc) is 2.46. The molecule has 1 saturated heterocycles. The number of nitrogens with zero attached hydrogens (tertiary/aromatic N) is 1. The van der Waals surface area contributed by atoms with Gasteiger partial charge in [0.1, 0.15) is 0 Å². The van der Waals surface area contributed by atoms with Crippen molar-refractivity contribution < 1.29 is 21.6 Å². The van der Waals surface area contributed by atoms with Crippen LogP contribution in [0.4, 0.5) is 13.2 Å². The predicted octanol–water partition coefficient (Wildman–Crippen LogP) is 3.15. The third kappa shape index (κ3) is 4.51. The van der Waals surface area contributed by atoms with Gasteiger partial charge in [0.25, 0.3) is 0 Å². The molecule has 1 fully saturated rings. The average molecular weight is 393 g/mol. The van der Waals surface area contributed by atoms with Crippen LogP contribution in [0.5, 0.6) is 0 Å². The zero-order valence-corrected chi connectivity index (χ0v) is 14.6. The van der Waals surface area contributed by atoms with Crippen LogP contribution in [0.3, 0.4) is 0 Å². The van der Waals surface area contributed by atoms with Crippen LogP contribution in [0.1, 0.15) is 18.4 Å². The van der Waals surface area contributed by atoms with Crippen LogP contribution in [0.25, 0.3) is 0 Å². The summed E-state index contributed by atoms with van der Waals surface area (Å²) < 4.78 is 65.6. The fourth-order valence-corrected chi connectivity index (χ4v) is 4.37. The summed E-state index contributed by atoms with van der Waals surface area (Å²) in [7, 11) is -2.52. The number of benzene rings is 1. The van der Waals surface area contributed by atoms with Crippen LogP contribution in [-0.2, 0) is 16.2 Å². The Morgan fingerprint density at radius 1 is 1.35 bits per heavy atom. The van der Waals surface area contributed by atoms with Gasteiger partial charge in [0.15, 0.2) is 0 Å². The number of hydrogen-bond acceptors (Lipinski definition) is 3. The second-order valence-corrected chi connectivity index (χ2v) is 7.47. The minimum atomic E-state index is -4.79. The van der Waals surface area contributed by atoms with Crippen LogP contribution in [0.15, 0.2) is 23.1 Å². The van der Waals surface area contributed by atoms with E-state index in [1.54, 1.807) is 7.05 Å². The van der Waals surface area contributed by atoms with Crippen molar-refractivity contribution in [1.29, 1.82) is 0 Å². The van der Waals surface area contributed by atoms with Crippen molar-refractivity contribution in [3.05, 3.63) is 28.8 Å². The van der Waals surface area contributed by atoms with E-state index >= 15 is 0 Å². The van der Waals surface area contributed by atoms with Gasteiger partial charge in [-0.2, -0.15) is 17.5 Å². The van der Waals surface area contributed by atoms with Gasteiger partial charge in [0, 0.05) is 24.2 Å². The highest BCUT2D eigenvalue weighted by Gasteiger charge is 2.40. The molecule has 1 aromatic rings. The first-order chi connectivity index (χ1) is 10.2. The maximum absolute atomic E-state index is 13.1. The number of piperidine rings is 1. The summed E-state index contributed by atoms with van der Waals surface area (Å²) in [6.45, 7) is 0.360. The number of alkyl halides is 3. The molecular weight excluding hydrogens is 376 g/mol. The molecule has 0 saturated carbocycles. The minimum absolute atomic E-state index is 0. The Morgan fingerprint density at radius 2 is 2.00 bits per heavy atom. The summed E-state index contributed by atoms with van der Waals surface area (Å²) in [6, 6.07) is 2.66. The second kappa shape index (κ2) is 7.57. The van der Waals surface area contributed by atoms with E-state index in [1.807, 2.05) is 0 Å². The van der Waals surface area contributed by atoms with Gasteiger partial charge in [-0.3, -0.25) is 0 Å². The van der Waals surface area contributed by atoms with Crippen LogP contribution < -0.4 is 5.32 Å². The highest BCUT2D eigenvalue weighted by molar-refractivity contribution is 7.89. The van der Waals surface area contributed by atoms with Gasteiger partial charge in [-0.15, -0.1) is 12.4 Å². The maximum Gasteiger partial charge on any atom is 0.417 e. The molecule has 0 bridgehead atoms. The number of likely N-dealkylation sites (N-methyl/N-ethyl adjacent to an activating group) is 1.